The third-order valence-electron chi connectivity index (χ3n) is 5.68. The highest BCUT2D eigenvalue weighted by atomic mass is 16.1. The van der Waals surface area contributed by atoms with Crippen LogP contribution in [0.4, 0.5) is 0 Å². The van der Waals surface area contributed by atoms with Crippen LogP contribution < -0.4 is 5.73 Å². The summed E-state index contributed by atoms with van der Waals surface area (Å²) in [5.41, 5.74) is 11.6. The van der Waals surface area contributed by atoms with E-state index in [-0.39, 0.29) is 5.69 Å². The number of benzene rings is 2. The number of nitrogens with one attached hydrogen (secondary N) is 1. The molecule has 2 aromatic heterocycles. The zero-order valence-electron chi connectivity index (χ0n) is 17.1. The van der Waals surface area contributed by atoms with Gasteiger partial charge in [-0.2, -0.15) is 0 Å². The molecule has 4 aromatic rings. The molecule has 1 amide bonds. The monoisotopic (exact) mass is 409 g/mol. The molecule has 3 heterocycles. The van der Waals surface area contributed by atoms with E-state index in [0.29, 0.717) is 11.3 Å². The van der Waals surface area contributed by atoms with Crippen LogP contribution in [0.25, 0.3) is 28.0 Å². The average molecular weight is 409 g/mol. The summed E-state index contributed by atoms with van der Waals surface area (Å²) in [6.07, 6.45) is 5.08. The Morgan fingerprint density at radius 2 is 1.77 bits per heavy atom. The predicted octanol–water partition coefficient (Wildman–Crippen LogP) is 4.01. The summed E-state index contributed by atoms with van der Waals surface area (Å²) in [4.78, 5) is 26.9. The number of amides is 1. The summed E-state index contributed by atoms with van der Waals surface area (Å²) in [6.45, 7) is 2.77. The maximum absolute atomic E-state index is 12.1. The third-order valence-corrected chi connectivity index (χ3v) is 5.68. The number of fused-ring (bicyclic) bond motifs is 1. The van der Waals surface area contributed by atoms with Crippen LogP contribution in [0.1, 0.15) is 28.0 Å². The Hall–Kier alpha value is -3.77. The molecular weight excluding hydrogens is 386 g/mol. The number of nitrogens with zero attached hydrogens (tertiary/aromatic N) is 3. The number of hydrogen-bond donors (Lipinski definition) is 2. The van der Waals surface area contributed by atoms with E-state index in [4.69, 9.17) is 10.7 Å². The van der Waals surface area contributed by atoms with Gasteiger partial charge in [-0.3, -0.25) is 9.69 Å². The Balaban J connectivity index is 1.49. The highest BCUT2D eigenvalue weighted by Gasteiger charge is 2.21. The average Bonchev–Trinajstić information content (AvgIpc) is 3.24. The van der Waals surface area contributed by atoms with Crippen LogP contribution in [0, 0.1) is 0 Å². The summed E-state index contributed by atoms with van der Waals surface area (Å²) in [5, 5.41) is 0. The fourth-order valence-corrected chi connectivity index (χ4v) is 4.09. The van der Waals surface area contributed by atoms with Crippen LogP contribution in [-0.2, 0) is 6.54 Å². The van der Waals surface area contributed by atoms with Gasteiger partial charge in [-0.25, -0.2) is 9.97 Å². The van der Waals surface area contributed by atoms with Crippen LogP contribution in [0.3, 0.4) is 0 Å². The van der Waals surface area contributed by atoms with Crippen LogP contribution in [0.15, 0.2) is 72.9 Å². The molecule has 154 valence electrons. The molecule has 1 aliphatic rings. The fraction of sp³-hybridized carbons (Fsp3) is 0.160. The minimum Gasteiger partial charge on any atom is -0.364 e. The maximum Gasteiger partial charge on any atom is 0.269 e. The van der Waals surface area contributed by atoms with E-state index < -0.39 is 5.91 Å². The van der Waals surface area contributed by atoms with E-state index in [1.807, 2.05) is 42.6 Å². The Morgan fingerprint density at radius 3 is 2.45 bits per heavy atom. The molecule has 0 atom stereocenters. The van der Waals surface area contributed by atoms with E-state index in [1.54, 1.807) is 0 Å². The molecule has 5 rings (SSSR count). The van der Waals surface area contributed by atoms with Crippen LogP contribution in [0.2, 0.25) is 0 Å². The first-order chi connectivity index (χ1) is 15.2. The summed E-state index contributed by atoms with van der Waals surface area (Å²) < 4.78 is 0. The molecule has 0 radical (unpaired) electrons. The van der Waals surface area contributed by atoms with Gasteiger partial charge in [0.25, 0.3) is 5.91 Å². The molecule has 6 heteroatoms. The molecule has 0 fully saturated rings. The van der Waals surface area contributed by atoms with Crippen molar-refractivity contribution in [3.8, 4) is 11.4 Å². The predicted molar refractivity (Wildman–Crippen MR) is 122 cm³/mol. The molecule has 2 aromatic carbocycles. The molecular formula is C25H23N5O. The van der Waals surface area contributed by atoms with Crippen molar-refractivity contribution in [2.24, 2.45) is 5.73 Å². The fourth-order valence-electron chi connectivity index (χ4n) is 4.09. The minimum atomic E-state index is -0.565. The third kappa shape index (κ3) is 3.85. The van der Waals surface area contributed by atoms with Gasteiger partial charge in [-0.1, -0.05) is 66.7 Å². The maximum atomic E-state index is 12.1. The molecule has 31 heavy (non-hydrogen) atoms. The van der Waals surface area contributed by atoms with Crippen molar-refractivity contribution in [2.45, 2.75) is 13.0 Å². The molecule has 0 aliphatic carbocycles. The van der Waals surface area contributed by atoms with E-state index >= 15 is 0 Å². The second-order valence-corrected chi connectivity index (χ2v) is 7.75. The molecule has 3 N–H and O–H groups in total. The molecule has 0 bridgehead atoms. The first-order valence-corrected chi connectivity index (χ1v) is 10.4. The van der Waals surface area contributed by atoms with Crippen molar-refractivity contribution >= 4 is 22.5 Å². The Bertz CT molecular complexity index is 1260. The van der Waals surface area contributed by atoms with Gasteiger partial charge in [0.2, 0.25) is 0 Å². The van der Waals surface area contributed by atoms with Gasteiger partial charge in [0.1, 0.15) is 5.52 Å². The number of hydrogen-bond acceptors (Lipinski definition) is 4. The quantitative estimate of drug-likeness (QED) is 0.521. The van der Waals surface area contributed by atoms with Crippen molar-refractivity contribution in [3.05, 3.63) is 89.8 Å². The van der Waals surface area contributed by atoms with Gasteiger partial charge in [-0.15, -0.1) is 0 Å². The van der Waals surface area contributed by atoms with Crippen molar-refractivity contribution in [1.82, 2.24) is 19.9 Å². The summed E-state index contributed by atoms with van der Waals surface area (Å²) in [7, 11) is 0. The lowest BCUT2D eigenvalue weighted by atomic mass is 10.0. The van der Waals surface area contributed by atoms with E-state index in [9.17, 15) is 4.79 Å². The van der Waals surface area contributed by atoms with E-state index in [2.05, 4.69) is 45.2 Å². The Labute approximate surface area is 180 Å². The van der Waals surface area contributed by atoms with Crippen molar-refractivity contribution < 1.29 is 4.79 Å². The van der Waals surface area contributed by atoms with Gasteiger partial charge < -0.3 is 10.7 Å². The number of aromatic nitrogens is 3. The summed E-state index contributed by atoms with van der Waals surface area (Å²) in [5.74, 6) is -0.0606. The first-order valence-electron chi connectivity index (χ1n) is 10.4. The zero-order valence-corrected chi connectivity index (χ0v) is 17.1. The number of carbonyl (C=O) groups is 1. The number of primary amides is 1. The molecule has 0 saturated carbocycles. The lowest BCUT2D eigenvalue weighted by Crippen LogP contribution is -2.27. The second kappa shape index (κ2) is 8.16. The summed E-state index contributed by atoms with van der Waals surface area (Å²) >= 11 is 0. The van der Waals surface area contributed by atoms with Gasteiger partial charge in [0, 0.05) is 37.0 Å². The standard InChI is InChI=1S/C25H23N5O/c26-24(31)23-22-21(28-25(29-23)19-9-5-2-6-10-19)20(15-27-22)18-11-13-30(14-12-18)16-17-7-3-1-4-8-17/h1-11,15,27H,12-14,16H2,(H2,26,31). The molecule has 0 spiro atoms. The highest BCUT2D eigenvalue weighted by Crippen LogP contribution is 2.31. The number of carbonyl (C=O) groups excluding carboxylic acids is 1. The Kier molecular flexibility index (Phi) is 5.06. The lowest BCUT2D eigenvalue weighted by Gasteiger charge is -2.26. The van der Waals surface area contributed by atoms with Crippen LogP contribution >= 0.6 is 0 Å². The van der Waals surface area contributed by atoms with Gasteiger partial charge in [-0.05, 0) is 17.6 Å². The minimum absolute atomic E-state index is 0.220. The largest absolute Gasteiger partial charge is 0.364 e. The normalized spacial score (nSPS) is 14.5. The number of nitrogens with two attached hydrogens (primary N) is 1. The molecule has 1 aliphatic heterocycles. The summed E-state index contributed by atoms with van der Waals surface area (Å²) in [6, 6.07) is 20.2. The topological polar surface area (TPSA) is 87.9 Å². The van der Waals surface area contributed by atoms with Crippen LogP contribution in [0.5, 0.6) is 0 Å². The van der Waals surface area contributed by atoms with E-state index in [0.717, 1.165) is 42.7 Å². The number of rotatable bonds is 5. The van der Waals surface area contributed by atoms with Crippen molar-refractivity contribution in [2.75, 3.05) is 13.1 Å². The van der Waals surface area contributed by atoms with Crippen molar-refractivity contribution in [1.29, 1.82) is 0 Å². The molecule has 0 saturated heterocycles. The highest BCUT2D eigenvalue weighted by molar-refractivity contribution is 6.05. The smallest absolute Gasteiger partial charge is 0.269 e. The lowest BCUT2D eigenvalue weighted by molar-refractivity contribution is 0.0997. The number of H-pyrrole nitrogens is 1. The van der Waals surface area contributed by atoms with Crippen molar-refractivity contribution in [3.63, 3.8) is 0 Å². The zero-order chi connectivity index (χ0) is 21.2. The van der Waals surface area contributed by atoms with Gasteiger partial charge >= 0.3 is 0 Å². The second-order valence-electron chi connectivity index (χ2n) is 7.75. The van der Waals surface area contributed by atoms with Gasteiger partial charge in [0.15, 0.2) is 11.5 Å². The van der Waals surface area contributed by atoms with Gasteiger partial charge in [0.05, 0.1) is 5.52 Å². The first kappa shape index (κ1) is 19.2. The van der Waals surface area contributed by atoms with Crippen LogP contribution in [-0.4, -0.2) is 38.8 Å². The Morgan fingerprint density at radius 1 is 1.03 bits per heavy atom. The molecule has 6 nitrogen and oxygen atoms in total. The van der Waals surface area contributed by atoms with E-state index in [1.165, 1.54) is 11.1 Å². The molecule has 0 unspecified atom stereocenters. The number of aromatic amines is 1. The SMILES string of the molecule is NC(=O)c1nc(-c2ccccc2)nc2c(C3=CCN(Cc4ccccc4)CC3)c[nH]c12.